The number of carbonyl (C=O) groups is 1. The van der Waals surface area contributed by atoms with E-state index in [9.17, 15) is 19.6 Å². The van der Waals surface area contributed by atoms with E-state index in [2.05, 4.69) is 5.32 Å². The van der Waals surface area contributed by atoms with Gasteiger partial charge < -0.3 is 5.32 Å². The van der Waals surface area contributed by atoms with Crippen LogP contribution in [-0.4, -0.2) is 15.0 Å². The molecule has 1 aliphatic heterocycles. The lowest BCUT2D eigenvalue weighted by molar-refractivity contribution is -0.116. The van der Waals surface area contributed by atoms with Crippen LogP contribution in [0.3, 0.4) is 0 Å². The fourth-order valence-electron chi connectivity index (χ4n) is 2.90. The van der Waals surface area contributed by atoms with Crippen LogP contribution in [0.4, 0.5) is 5.69 Å². The molecule has 0 bridgehead atoms. The molecule has 3 rings (SSSR count). The number of aryl methyl sites for hydroxylation is 1. The van der Waals surface area contributed by atoms with Gasteiger partial charge in [0.25, 0.3) is 5.56 Å². The van der Waals surface area contributed by atoms with Crippen molar-refractivity contribution in [3.63, 3.8) is 0 Å². The van der Waals surface area contributed by atoms with Gasteiger partial charge in [-0.3, -0.25) is 14.2 Å². The van der Waals surface area contributed by atoms with Crippen molar-refractivity contribution in [2.45, 2.75) is 32.9 Å². The van der Waals surface area contributed by atoms with Gasteiger partial charge in [0.15, 0.2) is 0 Å². The summed E-state index contributed by atoms with van der Waals surface area (Å²) >= 11 is 6.02. The summed E-state index contributed by atoms with van der Waals surface area (Å²) in [4.78, 5) is 37.1. The van der Waals surface area contributed by atoms with Crippen molar-refractivity contribution >= 4 is 23.2 Å². The first-order valence-electron chi connectivity index (χ1n) is 7.75. The zero-order chi connectivity index (χ0) is 18.1. The number of hydrogen-bond donors (Lipinski definition) is 1. The predicted molar refractivity (Wildman–Crippen MR) is 92.8 cm³/mol. The Hall–Kier alpha value is -2.85. The molecule has 1 amide bonds. The van der Waals surface area contributed by atoms with E-state index in [-0.39, 0.29) is 5.56 Å². The predicted octanol–water partition coefficient (Wildman–Crippen LogP) is 1.43. The Labute approximate surface area is 148 Å². The average Bonchev–Trinajstić information content (AvgIpc) is 3.05. The fraction of sp³-hybridized carbons (Fsp3) is 0.294. The number of hydrogen-bond acceptors (Lipinski definition) is 4. The normalized spacial score (nSPS) is 12.5. The van der Waals surface area contributed by atoms with Crippen LogP contribution >= 0.6 is 11.6 Å². The Bertz CT molecular complexity index is 1030. The topological polar surface area (TPSA) is 96.9 Å². The molecule has 0 fully saturated rings. The number of rotatable bonds is 3. The number of nitrogens with zero attached hydrogens (tertiary/aromatic N) is 3. The highest BCUT2D eigenvalue weighted by molar-refractivity contribution is 6.31. The Morgan fingerprint density at radius 3 is 2.84 bits per heavy atom. The average molecular weight is 359 g/mol. The zero-order valence-electron chi connectivity index (χ0n) is 13.5. The monoisotopic (exact) mass is 358 g/mol. The third-order valence-corrected chi connectivity index (χ3v) is 4.61. The lowest BCUT2D eigenvalue weighted by atomic mass is 10.2. The number of benzene rings is 1. The van der Waals surface area contributed by atoms with Gasteiger partial charge in [-0.25, -0.2) is 9.36 Å². The summed E-state index contributed by atoms with van der Waals surface area (Å²) in [5.41, 5.74) is 0.441. The van der Waals surface area contributed by atoms with Gasteiger partial charge in [-0.1, -0.05) is 17.7 Å². The van der Waals surface area contributed by atoms with E-state index in [1.165, 1.54) is 4.57 Å². The van der Waals surface area contributed by atoms with Crippen LogP contribution in [0.15, 0.2) is 27.8 Å². The molecule has 1 N–H and O–H groups in total. The molecular weight excluding hydrogens is 344 g/mol. The molecule has 1 aliphatic rings. The second-order valence-corrected chi connectivity index (χ2v) is 6.28. The smallest absolute Gasteiger partial charge is 0.324 e. The Balaban J connectivity index is 1.92. The Morgan fingerprint density at radius 2 is 2.16 bits per heavy atom. The first-order chi connectivity index (χ1) is 11.9. The minimum Gasteiger partial charge on any atom is -0.324 e. The van der Waals surface area contributed by atoms with Gasteiger partial charge in [0.2, 0.25) is 5.91 Å². The van der Waals surface area contributed by atoms with E-state index in [1.807, 2.05) is 13.0 Å². The van der Waals surface area contributed by atoms with Gasteiger partial charge >= 0.3 is 5.69 Å². The summed E-state index contributed by atoms with van der Waals surface area (Å²) in [6.45, 7) is 1.82. The van der Waals surface area contributed by atoms with Crippen molar-refractivity contribution in [3.05, 3.63) is 60.9 Å². The molecule has 1 aromatic carbocycles. The minimum atomic E-state index is -0.724. The van der Waals surface area contributed by atoms with E-state index in [1.54, 1.807) is 18.2 Å². The van der Waals surface area contributed by atoms with Gasteiger partial charge in [0.1, 0.15) is 18.2 Å². The molecule has 0 radical (unpaired) electrons. The molecule has 2 aromatic rings. The molecule has 7 nitrogen and oxygen atoms in total. The molecule has 128 valence electrons. The summed E-state index contributed by atoms with van der Waals surface area (Å²) in [5.74, 6) is -0.540. The number of anilines is 1. The molecule has 0 saturated carbocycles. The molecule has 2 heterocycles. The third-order valence-electron chi connectivity index (χ3n) is 4.20. The van der Waals surface area contributed by atoms with Crippen LogP contribution in [0.1, 0.15) is 23.2 Å². The van der Waals surface area contributed by atoms with E-state index in [0.29, 0.717) is 35.8 Å². The highest BCUT2D eigenvalue weighted by atomic mass is 35.5. The Morgan fingerprint density at radius 1 is 1.40 bits per heavy atom. The van der Waals surface area contributed by atoms with Crippen LogP contribution < -0.4 is 16.6 Å². The minimum absolute atomic E-state index is 0.0664. The van der Waals surface area contributed by atoms with Crippen LogP contribution in [0.25, 0.3) is 0 Å². The Kier molecular flexibility index (Phi) is 4.47. The summed E-state index contributed by atoms with van der Waals surface area (Å²) < 4.78 is 2.20. The number of aromatic nitrogens is 2. The molecule has 0 unspecified atom stereocenters. The van der Waals surface area contributed by atoms with Crippen molar-refractivity contribution < 1.29 is 4.79 Å². The summed E-state index contributed by atoms with van der Waals surface area (Å²) in [7, 11) is 0. The quantitative estimate of drug-likeness (QED) is 0.897. The lowest BCUT2D eigenvalue weighted by Gasteiger charge is -2.11. The second-order valence-electron chi connectivity index (χ2n) is 5.87. The van der Waals surface area contributed by atoms with Crippen molar-refractivity contribution in [2.24, 2.45) is 0 Å². The SMILES string of the molecule is Cc1ccc(NC(=O)Cn2c(=O)c(C#N)c3n(c2=O)CCC3)cc1Cl. The van der Waals surface area contributed by atoms with Crippen LogP contribution in [-0.2, 0) is 24.3 Å². The van der Waals surface area contributed by atoms with E-state index < -0.39 is 23.7 Å². The number of amides is 1. The largest absolute Gasteiger partial charge is 0.331 e. The van der Waals surface area contributed by atoms with Crippen molar-refractivity contribution in [1.82, 2.24) is 9.13 Å². The number of fused-ring (bicyclic) bond motifs is 1. The summed E-state index contributed by atoms with van der Waals surface area (Å²) in [5, 5.41) is 12.3. The molecule has 8 heteroatoms. The van der Waals surface area contributed by atoms with Crippen LogP contribution in [0.5, 0.6) is 0 Å². The fourth-order valence-corrected chi connectivity index (χ4v) is 3.08. The van der Waals surface area contributed by atoms with Gasteiger partial charge in [0.05, 0.1) is 0 Å². The molecule has 1 aromatic heterocycles. The summed E-state index contributed by atoms with van der Waals surface area (Å²) in [6.07, 6.45) is 1.21. The van der Waals surface area contributed by atoms with Crippen LogP contribution in [0.2, 0.25) is 5.02 Å². The molecule has 0 saturated heterocycles. The second kappa shape index (κ2) is 6.57. The molecule has 25 heavy (non-hydrogen) atoms. The van der Waals surface area contributed by atoms with E-state index in [4.69, 9.17) is 11.6 Å². The van der Waals surface area contributed by atoms with E-state index in [0.717, 1.165) is 10.1 Å². The van der Waals surface area contributed by atoms with E-state index >= 15 is 0 Å². The van der Waals surface area contributed by atoms with Gasteiger partial charge in [-0.15, -0.1) is 0 Å². The molecule has 0 spiro atoms. The third kappa shape index (κ3) is 3.08. The van der Waals surface area contributed by atoms with Crippen molar-refractivity contribution in [1.29, 1.82) is 5.26 Å². The number of nitrogens with one attached hydrogen (secondary N) is 1. The van der Waals surface area contributed by atoms with Crippen LogP contribution in [0, 0.1) is 18.3 Å². The summed E-state index contributed by atoms with van der Waals surface area (Å²) in [6, 6.07) is 6.88. The van der Waals surface area contributed by atoms with Crippen molar-refractivity contribution in [3.8, 4) is 6.07 Å². The zero-order valence-corrected chi connectivity index (χ0v) is 14.3. The number of carbonyl (C=O) groups excluding carboxylic acids is 1. The van der Waals surface area contributed by atoms with Crippen molar-refractivity contribution in [2.75, 3.05) is 5.32 Å². The first kappa shape index (κ1) is 17.0. The lowest BCUT2D eigenvalue weighted by Crippen LogP contribution is -2.44. The first-order valence-corrected chi connectivity index (χ1v) is 8.12. The number of nitriles is 1. The highest BCUT2D eigenvalue weighted by Crippen LogP contribution is 2.20. The van der Waals surface area contributed by atoms with Gasteiger partial charge in [-0.2, -0.15) is 5.26 Å². The maximum atomic E-state index is 12.5. The number of halogens is 1. The maximum Gasteiger partial charge on any atom is 0.331 e. The molecule has 0 aliphatic carbocycles. The molecule has 0 atom stereocenters. The standard InChI is InChI=1S/C17H15ClN4O3/c1-10-4-5-11(7-13(10)18)20-15(23)9-22-16(24)12(8-19)14-3-2-6-21(14)17(22)25/h4-5,7H,2-3,6,9H2,1H3,(H,20,23). The van der Waals surface area contributed by atoms with Gasteiger partial charge in [0, 0.05) is 22.9 Å². The van der Waals surface area contributed by atoms with Gasteiger partial charge in [-0.05, 0) is 37.5 Å². The highest BCUT2D eigenvalue weighted by Gasteiger charge is 2.23. The maximum absolute atomic E-state index is 12.5. The molecular formula is C17H15ClN4O3.